The first-order chi connectivity index (χ1) is 10.4. The minimum atomic E-state index is -1.08. The minimum absolute atomic E-state index is 0.0585. The lowest BCUT2D eigenvalue weighted by atomic mass is 10.2. The normalized spacial score (nSPS) is 11.7. The van der Waals surface area contributed by atoms with E-state index in [2.05, 4.69) is 47.0 Å². The van der Waals surface area contributed by atoms with Gasteiger partial charge >= 0.3 is 5.97 Å². The number of carbonyl (C=O) groups is 1. The molecule has 2 rings (SSSR count). The summed E-state index contributed by atoms with van der Waals surface area (Å²) in [5.74, 6) is -0.321. The van der Waals surface area contributed by atoms with Crippen molar-refractivity contribution in [1.82, 2.24) is 15.2 Å². The van der Waals surface area contributed by atoms with E-state index in [1.807, 2.05) is 6.92 Å². The number of nitrogens with one attached hydrogen (secondary N) is 1. The lowest BCUT2D eigenvalue weighted by Crippen LogP contribution is -1.97. The third-order valence-corrected chi connectivity index (χ3v) is 4.68. The van der Waals surface area contributed by atoms with Crippen molar-refractivity contribution in [3.05, 3.63) is 37.4 Å². The Morgan fingerprint density at radius 1 is 1.41 bits per heavy atom. The van der Waals surface area contributed by atoms with Crippen molar-refractivity contribution in [1.29, 1.82) is 0 Å². The Hall–Kier alpha value is -1.32. The number of carboxylic acid groups (broad SMARTS) is 1. The van der Waals surface area contributed by atoms with Gasteiger partial charge in [-0.2, -0.15) is 0 Å². The Balaban J connectivity index is 2.33. The largest absolute Gasteiger partial charge is 0.506 e. The number of aryl methyl sites for hydroxylation is 1. The van der Waals surface area contributed by atoms with Crippen molar-refractivity contribution in [3.8, 4) is 5.75 Å². The lowest BCUT2D eigenvalue weighted by Gasteiger charge is -2.04. The van der Waals surface area contributed by atoms with Gasteiger partial charge in [0.1, 0.15) is 16.5 Å². The molecule has 3 N–H and O–H groups in total. The van der Waals surface area contributed by atoms with E-state index in [0.29, 0.717) is 31.9 Å². The van der Waals surface area contributed by atoms with Crippen molar-refractivity contribution in [3.63, 3.8) is 0 Å². The molecule has 1 aromatic heterocycles. The average molecular weight is 449 g/mol. The second-order valence-corrected chi connectivity index (χ2v) is 6.88. The molecule has 0 atom stereocenters. The standard InChI is InChI=1S/C13H11Br2N3O3S/c1-2-10-16-13(18-17-10)22-9(12(20)21)5-6-3-7(14)11(19)8(15)4-6/h3-5,19H,2H2,1H3,(H,20,21)(H,16,17,18)/b9-5-. The molecule has 0 aliphatic carbocycles. The van der Waals surface area contributed by atoms with Crippen LogP contribution < -0.4 is 0 Å². The van der Waals surface area contributed by atoms with Crippen LogP contribution in [0.1, 0.15) is 18.3 Å². The van der Waals surface area contributed by atoms with Crippen molar-refractivity contribution >= 4 is 55.7 Å². The van der Waals surface area contributed by atoms with Gasteiger partial charge in [0.2, 0.25) is 5.16 Å². The molecule has 6 nitrogen and oxygen atoms in total. The van der Waals surface area contributed by atoms with E-state index in [1.165, 1.54) is 6.08 Å². The Morgan fingerprint density at radius 2 is 2.05 bits per heavy atom. The van der Waals surface area contributed by atoms with Crippen LogP contribution in [-0.4, -0.2) is 31.4 Å². The summed E-state index contributed by atoms with van der Waals surface area (Å²) in [5.41, 5.74) is 0.618. The van der Waals surface area contributed by atoms with Gasteiger partial charge in [-0.25, -0.2) is 9.78 Å². The van der Waals surface area contributed by atoms with Gasteiger partial charge in [0.15, 0.2) is 0 Å². The number of rotatable bonds is 5. The fourth-order valence-electron chi connectivity index (χ4n) is 1.53. The highest BCUT2D eigenvalue weighted by molar-refractivity contribution is 9.11. The van der Waals surface area contributed by atoms with Gasteiger partial charge in [0.25, 0.3) is 0 Å². The monoisotopic (exact) mass is 447 g/mol. The molecule has 0 aliphatic rings. The molecule has 0 spiro atoms. The molecule has 2 aromatic rings. The molecule has 116 valence electrons. The highest BCUT2D eigenvalue weighted by Crippen LogP contribution is 2.35. The first-order valence-corrected chi connectivity index (χ1v) is 8.53. The molecule has 0 radical (unpaired) electrons. The van der Waals surface area contributed by atoms with E-state index in [9.17, 15) is 15.0 Å². The molecule has 0 bridgehead atoms. The number of phenols is 1. The molecule has 0 saturated carbocycles. The fourth-order valence-corrected chi connectivity index (χ4v) is 3.48. The summed E-state index contributed by atoms with van der Waals surface area (Å²) in [7, 11) is 0. The topological polar surface area (TPSA) is 99.1 Å². The zero-order valence-electron chi connectivity index (χ0n) is 11.3. The molecule has 0 aliphatic heterocycles. The Labute approximate surface area is 147 Å². The maximum Gasteiger partial charge on any atom is 0.342 e. The third-order valence-electron chi connectivity index (χ3n) is 2.60. The number of carboxylic acids is 1. The highest BCUT2D eigenvalue weighted by Gasteiger charge is 2.14. The molecule has 0 amide bonds. The number of aromatic nitrogens is 3. The Bertz CT molecular complexity index is 723. The summed E-state index contributed by atoms with van der Waals surface area (Å²) >= 11 is 7.38. The van der Waals surface area contributed by atoms with Gasteiger partial charge in [-0.1, -0.05) is 6.92 Å². The van der Waals surface area contributed by atoms with Crippen molar-refractivity contribution in [2.45, 2.75) is 18.5 Å². The van der Waals surface area contributed by atoms with Crippen molar-refractivity contribution < 1.29 is 15.0 Å². The molecule has 9 heteroatoms. The van der Waals surface area contributed by atoms with Crippen LogP contribution in [-0.2, 0) is 11.2 Å². The van der Waals surface area contributed by atoms with Gasteiger partial charge in [0, 0.05) is 6.42 Å². The molecule has 22 heavy (non-hydrogen) atoms. The van der Waals surface area contributed by atoms with Crippen LogP contribution in [0.4, 0.5) is 0 Å². The number of thioether (sulfide) groups is 1. The van der Waals surface area contributed by atoms with Gasteiger partial charge in [-0.15, -0.1) is 5.10 Å². The van der Waals surface area contributed by atoms with Crippen molar-refractivity contribution in [2.24, 2.45) is 0 Å². The number of benzene rings is 1. The molecule has 1 heterocycles. The molecular weight excluding hydrogens is 438 g/mol. The van der Waals surface area contributed by atoms with Crippen LogP contribution in [0.15, 0.2) is 31.1 Å². The molecule has 1 aromatic carbocycles. The third kappa shape index (κ3) is 4.11. The number of aromatic hydroxyl groups is 1. The Morgan fingerprint density at radius 3 is 2.55 bits per heavy atom. The number of hydrogen-bond donors (Lipinski definition) is 3. The summed E-state index contributed by atoms with van der Waals surface area (Å²) in [6.07, 6.45) is 2.18. The van der Waals surface area contributed by atoms with E-state index >= 15 is 0 Å². The quantitative estimate of drug-likeness (QED) is 0.475. The molecule has 0 saturated heterocycles. The molecular formula is C13H11Br2N3O3S. The number of H-pyrrole nitrogens is 1. The van der Waals surface area contributed by atoms with Crippen LogP contribution in [0, 0.1) is 0 Å². The highest BCUT2D eigenvalue weighted by atomic mass is 79.9. The molecule has 0 unspecified atom stereocenters. The van der Waals surface area contributed by atoms with Gasteiger partial charge in [0.05, 0.1) is 8.95 Å². The second kappa shape index (κ2) is 7.30. The lowest BCUT2D eigenvalue weighted by molar-refractivity contribution is -0.131. The summed E-state index contributed by atoms with van der Waals surface area (Å²) in [4.78, 5) is 15.6. The van der Waals surface area contributed by atoms with Crippen LogP contribution in [0.25, 0.3) is 6.08 Å². The van der Waals surface area contributed by atoms with Gasteiger partial charge in [-0.3, -0.25) is 5.10 Å². The van der Waals surface area contributed by atoms with Gasteiger partial charge in [-0.05, 0) is 67.4 Å². The second-order valence-electron chi connectivity index (χ2n) is 4.17. The zero-order chi connectivity index (χ0) is 16.3. The maximum absolute atomic E-state index is 11.4. The van der Waals surface area contributed by atoms with Crippen molar-refractivity contribution in [2.75, 3.05) is 0 Å². The Kier molecular flexibility index (Phi) is 5.65. The number of phenolic OH excluding ortho intramolecular Hbond substituents is 1. The first kappa shape index (κ1) is 17.0. The minimum Gasteiger partial charge on any atom is -0.506 e. The number of hydrogen-bond acceptors (Lipinski definition) is 5. The van der Waals surface area contributed by atoms with E-state index in [-0.39, 0.29) is 10.7 Å². The van der Waals surface area contributed by atoms with E-state index in [4.69, 9.17) is 0 Å². The predicted octanol–water partition coefficient (Wildman–Crippen LogP) is 3.82. The number of nitrogens with zero attached hydrogens (tertiary/aromatic N) is 2. The van der Waals surface area contributed by atoms with E-state index < -0.39 is 5.97 Å². The van der Waals surface area contributed by atoms with Crippen LogP contribution in [0.2, 0.25) is 0 Å². The van der Waals surface area contributed by atoms with Gasteiger partial charge < -0.3 is 10.2 Å². The number of halogens is 2. The summed E-state index contributed by atoms with van der Waals surface area (Å²) < 4.78 is 0.933. The SMILES string of the molecule is CCc1nc(S/C(=C\c2cc(Br)c(O)c(Br)c2)C(=O)O)n[nH]1. The smallest absolute Gasteiger partial charge is 0.342 e. The molecule has 0 fully saturated rings. The summed E-state index contributed by atoms with van der Waals surface area (Å²) in [6, 6.07) is 3.25. The van der Waals surface area contributed by atoms with E-state index in [1.54, 1.807) is 12.1 Å². The fraction of sp³-hybridized carbons (Fsp3) is 0.154. The first-order valence-electron chi connectivity index (χ1n) is 6.12. The maximum atomic E-state index is 11.4. The summed E-state index contributed by atoms with van der Waals surface area (Å²) in [5, 5.41) is 26.1. The van der Waals surface area contributed by atoms with Crippen LogP contribution in [0.5, 0.6) is 5.75 Å². The van der Waals surface area contributed by atoms with Crippen LogP contribution in [0.3, 0.4) is 0 Å². The number of aromatic amines is 1. The van der Waals surface area contributed by atoms with Crippen LogP contribution >= 0.6 is 43.6 Å². The predicted molar refractivity (Wildman–Crippen MR) is 90.7 cm³/mol. The van der Waals surface area contributed by atoms with E-state index in [0.717, 1.165) is 11.8 Å². The zero-order valence-corrected chi connectivity index (χ0v) is 15.3. The summed E-state index contributed by atoms with van der Waals surface area (Å²) in [6.45, 7) is 1.93. The average Bonchev–Trinajstić information content (AvgIpc) is 2.91. The number of aliphatic carboxylic acids is 1.